The summed E-state index contributed by atoms with van der Waals surface area (Å²) >= 11 is 5.89. The third-order valence-corrected chi connectivity index (χ3v) is 3.32. The molecule has 112 valence electrons. The maximum absolute atomic E-state index is 12.9. The molecule has 0 radical (unpaired) electrons. The molecule has 1 aromatic carbocycles. The largest absolute Gasteiger partial charge is 0.456 e. The van der Waals surface area contributed by atoms with Crippen molar-refractivity contribution in [3.8, 4) is 0 Å². The Balaban J connectivity index is 2.08. The first kappa shape index (κ1) is 15.4. The van der Waals surface area contributed by atoms with E-state index >= 15 is 0 Å². The van der Waals surface area contributed by atoms with Crippen LogP contribution in [0.2, 0.25) is 5.02 Å². The number of esters is 1. The number of nitrogen functional groups attached to an aromatic ring is 1. The number of aryl methyl sites for hydroxylation is 1. The van der Waals surface area contributed by atoms with Crippen LogP contribution in [0.5, 0.6) is 0 Å². The van der Waals surface area contributed by atoms with Gasteiger partial charge in [-0.25, -0.2) is 9.18 Å². The Morgan fingerprint density at radius 2 is 2.19 bits per heavy atom. The summed E-state index contributed by atoms with van der Waals surface area (Å²) in [5, 5.41) is 0.228. The molecule has 0 bridgehead atoms. The zero-order valence-corrected chi connectivity index (χ0v) is 12.4. The molecule has 2 aromatic rings. The average molecular weight is 311 g/mol. The smallest absolute Gasteiger partial charge is 0.355 e. The van der Waals surface area contributed by atoms with Gasteiger partial charge in [-0.1, -0.05) is 24.6 Å². The lowest BCUT2D eigenvalue weighted by atomic mass is 10.2. The standard InChI is InChI=1S/C15H16ClFN2O2/c1-2-5-19-8-12(18)7-14(19)15(20)21-9-10-3-4-11(17)6-13(10)16/h3-4,6-8H,2,5,9,18H2,1H3. The van der Waals surface area contributed by atoms with Crippen LogP contribution in [0.1, 0.15) is 29.4 Å². The monoisotopic (exact) mass is 310 g/mol. The highest BCUT2D eigenvalue weighted by atomic mass is 35.5. The molecule has 0 aliphatic heterocycles. The van der Waals surface area contributed by atoms with Gasteiger partial charge < -0.3 is 15.0 Å². The van der Waals surface area contributed by atoms with Crippen LogP contribution < -0.4 is 5.73 Å². The zero-order valence-electron chi connectivity index (χ0n) is 11.6. The van der Waals surface area contributed by atoms with Crippen LogP contribution in [-0.4, -0.2) is 10.5 Å². The zero-order chi connectivity index (χ0) is 15.4. The molecule has 6 heteroatoms. The first-order valence-corrected chi connectivity index (χ1v) is 6.95. The van der Waals surface area contributed by atoms with Gasteiger partial charge in [0, 0.05) is 18.3 Å². The summed E-state index contributed by atoms with van der Waals surface area (Å²) in [4.78, 5) is 12.1. The fourth-order valence-electron chi connectivity index (χ4n) is 1.99. The molecular weight excluding hydrogens is 295 g/mol. The quantitative estimate of drug-likeness (QED) is 0.858. The number of halogens is 2. The average Bonchev–Trinajstić information content (AvgIpc) is 2.79. The second kappa shape index (κ2) is 6.63. The summed E-state index contributed by atoms with van der Waals surface area (Å²) in [5.74, 6) is -0.916. The third-order valence-electron chi connectivity index (χ3n) is 2.97. The normalized spacial score (nSPS) is 10.6. The molecule has 1 heterocycles. The lowest BCUT2D eigenvalue weighted by Crippen LogP contribution is -2.12. The van der Waals surface area contributed by atoms with Gasteiger partial charge in [-0.15, -0.1) is 0 Å². The number of benzene rings is 1. The second-order valence-corrected chi connectivity index (χ2v) is 5.07. The van der Waals surface area contributed by atoms with Crippen LogP contribution in [-0.2, 0) is 17.9 Å². The van der Waals surface area contributed by atoms with Gasteiger partial charge in [-0.2, -0.15) is 0 Å². The SMILES string of the molecule is CCCn1cc(N)cc1C(=O)OCc1ccc(F)cc1Cl. The third kappa shape index (κ3) is 3.76. The van der Waals surface area contributed by atoms with Crippen LogP contribution in [0.4, 0.5) is 10.1 Å². The Hall–Kier alpha value is -2.01. The van der Waals surface area contributed by atoms with Gasteiger partial charge >= 0.3 is 5.97 Å². The number of carbonyl (C=O) groups excluding carboxylic acids is 1. The molecule has 0 amide bonds. The molecule has 0 fully saturated rings. The van der Waals surface area contributed by atoms with E-state index in [9.17, 15) is 9.18 Å². The Morgan fingerprint density at radius 1 is 1.43 bits per heavy atom. The van der Waals surface area contributed by atoms with Crippen molar-refractivity contribution in [2.24, 2.45) is 0 Å². The number of carbonyl (C=O) groups is 1. The predicted octanol–water partition coefficient (Wildman–Crippen LogP) is 3.63. The van der Waals surface area contributed by atoms with Crippen molar-refractivity contribution in [3.05, 3.63) is 52.6 Å². The molecule has 0 unspecified atom stereocenters. The van der Waals surface area contributed by atoms with E-state index in [1.165, 1.54) is 18.2 Å². The van der Waals surface area contributed by atoms with E-state index < -0.39 is 11.8 Å². The lowest BCUT2D eigenvalue weighted by Gasteiger charge is -2.09. The molecule has 0 spiro atoms. The van der Waals surface area contributed by atoms with E-state index in [-0.39, 0.29) is 11.6 Å². The number of hydrogen-bond acceptors (Lipinski definition) is 3. The van der Waals surface area contributed by atoms with Crippen molar-refractivity contribution < 1.29 is 13.9 Å². The minimum Gasteiger partial charge on any atom is -0.456 e. The Kier molecular flexibility index (Phi) is 4.85. The number of hydrogen-bond donors (Lipinski definition) is 1. The first-order chi connectivity index (χ1) is 10.0. The van der Waals surface area contributed by atoms with E-state index in [4.69, 9.17) is 22.1 Å². The van der Waals surface area contributed by atoms with Crippen molar-refractivity contribution in [1.82, 2.24) is 4.57 Å². The van der Waals surface area contributed by atoms with Crippen LogP contribution in [0.3, 0.4) is 0 Å². The van der Waals surface area contributed by atoms with E-state index in [0.29, 0.717) is 23.5 Å². The Labute approximate surface area is 127 Å². The number of anilines is 1. The molecule has 21 heavy (non-hydrogen) atoms. The van der Waals surface area contributed by atoms with Crippen molar-refractivity contribution in [3.63, 3.8) is 0 Å². The molecule has 0 saturated carbocycles. The molecule has 4 nitrogen and oxygen atoms in total. The van der Waals surface area contributed by atoms with Crippen molar-refractivity contribution >= 4 is 23.3 Å². The Morgan fingerprint density at radius 3 is 2.86 bits per heavy atom. The van der Waals surface area contributed by atoms with Crippen LogP contribution in [0.25, 0.3) is 0 Å². The highest BCUT2D eigenvalue weighted by molar-refractivity contribution is 6.31. The maximum atomic E-state index is 12.9. The number of aromatic nitrogens is 1. The van der Waals surface area contributed by atoms with Gasteiger partial charge in [-0.05, 0) is 24.6 Å². The number of rotatable bonds is 5. The molecule has 2 N–H and O–H groups in total. The summed E-state index contributed by atoms with van der Waals surface area (Å²) in [6, 6.07) is 5.52. The minimum atomic E-state index is -0.486. The summed E-state index contributed by atoms with van der Waals surface area (Å²) in [6.07, 6.45) is 2.57. The topological polar surface area (TPSA) is 57.2 Å². The maximum Gasteiger partial charge on any atom is 0.355 e. The lowest BCUT2D eigenvalue weighted by molar-refractivity contribution is 0.0460. The molecule has 0 atom stereocenters. The highest BCUT2D eigenvalue weighted by Gasteiger charge is 2.15. The van der Waals surface area contributed by atoms with Crippen molar-refractivity contribution in [2.45, 2.75) is 26.5 Å². The summed E-state index contributed by atoms with van der Waals surface area (Å²) in [7, 11) is 0. The first-order valence-electron chi connectivity index (χ1n) is 6.58. The number of nitrogens with zero attached hydrogens (tertiary/aromatic N) is 1. The molecule has 0 aliphatic rings. The Bertz CT molecular complexity index is 655. The van der Waals surface area contributed by atoms with Gasteiger partial charge in [0.1, 0.15) is 18.1 Å². The van der Waals surface area contributed by atoms with E-state index in [2.05, 4.69) is 0 Å². The summed E-state index contributed by atoms with van der Waals surface area (Å²) in [6.45, 7) is 2.66. The molecule has 1 aromatic heterocycles. The summed E-state index contributed by atoms with van der Waals surface area (Å²) < 4.78 is 19.9. The van der Waals surface area contributed by atoms with E-state index in [1.807, 2.05) is 6.92 Å². The van der Waals surface area contributed by atoms with Crippen LogP contribution in [0.15, 0.2) is 30.5 Å². The summed E-state index contributed by atoms with van der Waals surface area (Å²) in [5.41, 5.74) is 7.16. The fourth-order valence-corrected chi connectivity index (χ4v) is 2.21. The van der Waals surface area contributed by atoms with E-state index in [0.717, 1.165) is 6.42 Å². The number of nitrogens with two attached hydrogens (primary N) is 1. The van der Waals surface area contributed by atoms with Gasteiger partial charge in [-0.3, -0.25) is 0 Å². The van der Waals surface area contributed by atoms with Crippen molar-refractivity contribution in [2.75, 3.05) is 5.73 Å². The molecule has 0 aliphatic carbocycles. The van der Waals surface area contributed by atoms with Crippen molar-refractivity contribution in [1.29, 1.82) is 0 Å². The van der Waals surface area contributed by atoms with E-state index in [1.54, 1.807) is 16.8 Å². The second-order valence-electron chi connectivity index (χ2n) is 4.66. The van der Waals surface area contributed by atoms with Gasteiger partial charge in [0.05, 0.1) is 10.7 Å². The highest BCUT2D eigenvalue weighted by Crippen LogP contribution is 2.19. The van der Waals surface area contributed by atoms with Gasteiger partial charge in [0.15, 0.2) is 0 Å². The molecule has 2 rings (SSSR count). The van der Waals surface area contributed by atoms with Gasteiger partial charge in [0.2, 0.25) is 0 Å². The fraction of sp³-hybridized carbons (Fsp3) is 0.267. The number of ether oxygens (including phenoxy) is 1. The molecular formula is C15H16ClFN2O2. The minimum absolute atomic E-state index is 0.0187. The molecule has 0 saturated heterocycles. The van der Waals surface area contributed by atoms with Gasteiger partial charge in [0.25, 0.3) is 0 Å². The van der Waals surface area contributed by atoms with Crippen LogP contribution >= 0.6 is 11.6 Å². The van der Waals surface area contributed by atoms with Crippen LogP contribution in [0, 0.1) is 5.82 Å². The predicted molar refractivity (Wildman–Crippen MR) is 79.7 cm³/mol.